The van der Waals surface area contributed by atoms with Gasteiger partial charge in [-0.1, -0.05) is 75.3 Å². The zero-order valence-corrected chi connectivity index (χ0v) is 24.5. The number of nitrogens with zero attached hydrogens (tertiary/aromatic N) is 2. The van der Waals surface area contributed by atoms with Gasteiger partial charge in [0.25, 0.3) is 10.0 Å². The van der Waals surface area contributed by atoms with Crippen molar-refractivity contribution in [2.75, 3.05) is 11.8 Å². The Morgan fingerprint density at radius 2 is 1.69 bits per heavy atom. The molecule has 2 aromatic carbocycles. The van der Waals surface area contributed by atoms with Crippen molar-refractivity contribution in [3.8, 4) is 11.1 Å². The lowest BCUT2D eigenvalue weighted by Crippen LogP contribution is -2.54. The van der Waals surface area contributed by atoms with E-state index < -0.39 is 21.5 Å². The molecule has 39 heavy (non-hydrogen) atoms. The molecule has 1 unspecified atom stereocenters. The molecule has 1 aromatic heterocycles. The number of likely N-dealkylation sites (N-methyl/N-ethyl adjacent to an activating group) is 1. The number of amides is 2. The Hall–Kier alpha value is -3.66. The first-order chi connectivity index (χ1) is 18.3. The summed E-state index contributed by atoms with van der Waals surface area (Å²) in [5.41, 5.74) is 2.18. The lowest BCUT2D eigenvalue weighted by molar-refractivity contribution is -0.145. The van der Waals surface area contributed by atoms with E-state index in [1.54, 1.807) is 44.0 Å². The van der Waals surface area contributed by atoms with Gasteiger partial charge in [-0.05, 0) is 42.9 Å². The highest BCUT2D eigenvalue weighted by molar-refractivity contribution is 7.92. The molecule has 0 bridgehead atoms. The van der Waals surface area contributed by atoms with Crippen molar-refractivity contribution in [1.82, 2.24) is 15.4 Å². The molecular weight excluding hydrogens is 516 g/mol. The van der Waals surface area contributed by atoms with Crippen LogP contribution in [-0.2, 0) is 26.2 Å². The molecule has 2 amide bonds. The van der Waals surface area contributed by atoms with Crippen molar-refractivity contribution < 1.29 is 22.5 Å². The molecule has 9 nitrogen and oxygen atoms in total. The predicted molar refractivity (Wildman–Crippen MR) is 151 cm³/mol. The molecule has 0 saturated carbocycles. The monoisotopic (exact) mass is 554 g/mol. The standard InChI is InChI=1S/C29H38N4O5S/c1-8-11-25(34)33(26(28(35)30-7)29(4,5)6)18-21-14-16-22(17-15-21)23-12-9-10-13-24(23)39(36,37)32-27-19(2)20(3)38-31-27/h9-10,12-17,26H,8,11,18H2,1-7H3,(H,30,35)(H,31,32). The van der Waals surface area contributed by atoms with Crippen LogP contribution in [0.15, 0.2) is 57.9 Å². The number of nitrogens with one attached hydrogen (secondary N) is 2. The summed E-state index contributed by atoms with van der Waals surface area (Å²) in [5.74, 6) is 0.380. The number of aryl methyl sites for hydroxylation is 1. The van der Waals surface area contributed by atoms with Crippen LogP contribution in [0.3, 0.4) is 0 Å². The van der Waals surface area contributed by atoms with Crippen LogP contribution in [0.5, 0.6) is 0 Å². The molecule has 0 saturated heterocycles. The highest BCUT2D eigenvalue weighted by Gasteiger charge is 2.38. The number of hydrogen-bond acceptors (Lipinski definition) is 6. The minimum atomic E-state index is -3.96. The molecule has 0 aliphatic rings. The number of anilines is 1. The summed E-state index contributed by atoms with van der Waals surface area (Å²) in [7, 11) is -2.38. The van der Waals surface area contributed by atoms with Gasteiger partial charge in [0, 0.05) is 31.1 Å². The van der Waals surface area contributed by atoms with Gasteiger partial charge in [-0.2, -0.15) is 0 Å². The zero-order chi connectivity index (χ0) is 29.0. The molecule has 1 atom stereocenters. The van der Waals surface area contributed by atoms with E-state index in [-0.39, 0.29) is 29.1 Å². The topological polar surface area (TPSA) is 122 Å². The Balaban J connectivity index is 1.94. The van der Waals surface area contributed by atoms with Crippen LogP contribution < -0.4 is 10.0 Å². The molecule has 1 heterocycles. The smallest absolute Gasteiger partial charge is 0.263 e. The third-order valence-electron chi connectivity index (χ3n) is 6.59. The lowest BCUT2D eigenvalue weighted by atomic mass is 9.84. The second kappa shape index (κ2) is 12.0. The molecule has 0 fully saturated rings. The summed E-state index contributed by atoms with van der Waals surface area (Å²) in [6.45, 7) is 11.5. The van der Waals surface area contributed by atoms with E-state index in [1.165, 1.54) is 6.07 Å². The Morgan fingerprint density at radius 1 is 1.05 bits per heavy atom. The number of hydrogen-bond donors (Lipinski definition) is 2. The van der Waals surface area contributed by atoms with Crippen LogP contribution in [0.4, 0.5) is 5.82 Å². The number of carbonyl (C=O) groups is 2. The SMILES string of the molecule is CCCC(=O)N(Cc1ccc(-c2ccccc2S(=O)(=O)Nc2noc(C)c2C)cc1)C(C(=O)NC)C(C)(C)C. The van der Waals surface area contributed by atoms with E-state index in [1.807, 2.05) is 52.0 Å². The normalized spacial score (nSPS) is 12.6. The first-order valence-corrected chi connectivity index (χ1v) is 14.4. The van der Waals surface area contributed by atoms with Crippen molar-refractivity contribution in [1.29, 1.82) is 0 Å². The van der Waals surface area contributed by atoms with Gasteiger partial charge in [0.2, 0.25) is 11.8 Å². The van der Waals surface area contributed by atoms with Gasteiger partial charge in [-0.3, -0.25) is 14.3 Å². The molecule has 2 N–H and O–H groups in total. The number of carbonyl (C=O) groups excluding carboxylic acids is 2. The van der Waals surface area contributed by atoms with Gasteiger partial charge in [0.05, 0.1) is 4.90 Å². The van der Waals surface area contributed by atoms with E-state index in [0.29, 0.717) is 35.3 Å². The van der Waals surface area contributed by atoms with E-state index in [9.17, 15) is 18.0 Å². The summed E-state index contributed by atoms with van der Waals surface area (Å²) < 4.78 is 34.2. The van der Waals surface area contributed by atoms with Gasteiger partial charge in [-0.15, -0.1) is 0 Å². The summed E-state index contributed by atoms with van der Waals surface area (Å²) in [5, 5.41) is 6.52. The third kappa shape index (κ3) is 6.86. The zero-order valence-electron chi connectivity index (χ0n) is 23.7. The second-order valence-corrected chi connectivity index (χ2v) is 12.3. The quantitative estimate of drug-likeness (QED) is 0.362. The number of rotatable bonds is 10. The highest BCUT2D eigenvalue weighted by atomic mass is 32.2. The van der Waals surface area contributed by atoms with Gasteiger partial charge >= 0.3 is 0 Å². The minimum Gasteiger partial charge on any atom is -0.359 e. The summed E-state index contributed by atoms with van der Waals surface area (Å²) in [6.07, 6.45) is 1.01. The first-order valence-electron chi connectivity index (χ1n) is 12.9. The summed E-state index contributed by atoms with van der Waals surface area (Å²) >= 11 is 0. The van der Waals surface area contributed by atoms with Crippen molar-refractivity contribution in [2.45, 2.75) is 71.9 Å². The van der Waals surface area contributed by atoms with Crippen molar-refractivity contribution in [3.05, 3.63) is 65.4 Å². The van der Waals surface area contributed by atoms with Gasteiger partial charge in [-0.25, -0.2) is 8.42 Å². The van der Waals surface area contributed by atoms with Gasteiger partial charge in [0.1, 0.15) is 11.8 Å². The molecule has 3 aromatic rings. The molecule has 0 aliphatic carbocycles. The Kier molecular flexibility index (Phi) is 9.22. The third-order valence-corrected chi connectivity index (χ3v) is 7.99. The highest BCUT2D eigenvalue weighted by Crippen LogP contribution is 2.31. The van der Waals surface area contributed by atoms with E-state index >= 15 is 0 Å². The van der Waals surface area contributed by atoms with Crippen LogP contribution in [0, 0.1) is 19.3 Å². The maximum Gasteiger partial charge on any atom is 0.263 e. The van der Waals surface area contributed by atoms with Crippen LogP contribution >= 0.6 is 0 Å². The average molecular weight is 555 g/mol. The Bertz CT molecular complexity index is 1420. The fourth-order valence-electron chi connectivity index (χ4n) is 4.44. The Morgan fingerprint density at radius 3 is 2.23 bits per heavy atom. The van der Waals surface area contributed by atoms with Crippen molar-refractivity contribution >= 4 is 27.7 Å². The molecular formula is C29H38N4O5S. The number of aromatic nitrogens is 1. The lowest BCUT2D eigenvalue weighted by Gasteiger charge is -2.39. The molecule has 3 rings (SSSR count). The van der Waals surface area contributed by atoms with Crippen molar-refractivity contribution in [3.63, 3.8) is 0 Å². The average Bonchev–Trinajstić information content (AvgIpc) is 3.19. The maximum atomic E-state index is 13.3. The number of benzene rings is 2. The van der Waals surface area contributed by atoms with Crippen LogP contribution in [0.25, 0.3) is 11.1 Å². The largest absolute Gasteiger partial charge is 0.359 e. The summed E-state index contributed by atoms with van der Waals surface area (Å²) in [4.78, 5) is 27.7. The van der Waals surface area contributed by atoms with E-state index in [4.69, 9.17) is 4.52 Å². The van der Waals surface area contributed by atoms with Crippen LogP contribution in [0.1, 0.15) is 57.4 Å². The van der Waals surface area contributed by atoms with Crippen LogP contribution in [0.2, 0.25) is 0 Å². The second-order valence-electron chi connectivity index (χ2n) is 10.7. The van der Waals surface area contributed by atoms with E-state index in [2.05, 4.69) is 15.2 Å². The van der Waals surface area contributed by atoms with Gasteiger partial charge < -0.3 is 14.7 Å². The Labute approximate surface area is 231 Å². The molecule has 0 aliphatic heterocycles. The summed E-state index contributed by atoms with van der Waals surface area (Å²) in [6, 6.07) is 13.4. The van der Waals surface area contributed by atoms with Crippen LogP contribution in [-0.4, -0.2) is 43.4 Å². The molecule has 10 heteroatoms. The van der Waals surface area contributed by atoms with E-state index in [0.717, 1.165) is 5.56 Å². The van der Waals surface area contributed by atoms with Crippen molar-refractivity contribution in [2.24, 2.45) is 5.41 Å². The molecule has 0 spiro atoms. The number of sulfonamides is 1. The maximum absolute atomic E-state index is 13.3. The van der Waals surface area contributed by atoms with Gasteiger partial charge in [0.15, 0.2) is 5.82 Å². The minimum absolute atomic E-state index is 0.0917. The predicted octanol–water partition coefficient (Wildman–Crippen LogP) is 5.05. The molecule has 0 radical (unpaired) electrons. The molecule has 210 valence electrons. The fourth-order valence-corrected chi connectivity index (χ4v) is 5.73. The fraction of sp³-hybridized carbons (Fsp3) is 0.414. The first kappa shape index (κ1) is 29.9.